The summed E-state index contributed by atoms with van der Waals surface area (Å²) in [5.41, 5.74) is -0.467. The first-order valence-corrected chi connectivity index (χ1v) is 7.26. The average Bonchev–Trinajstić information content (AvgIpc) is 2.79. The lowest BCUT2D eigenvalue weighted by Gasteiger charge is -2.46. The van der Waals surface area contributed by atoms with Crippen LogP contribution in [0, 0.1) is 0 Å². The van der Waals surface area contributed by atoms with E-state index in [-0.39, 0.29) is 12.1 Å². The molecule has 0 aromatic heterocycles. The van der Waals surface area contributed by atoms with Gasteiger partial charge >= 0.3 is 5.97 Å². The van der Waals surface area contributed by atoms with Crippen molar-refractivity contribution >= 4 is 5.97 Å². The van der Waals surface area contributed by atoms with Crippen LogP contribution in [-0.4, -0.2) is 36.9 Å². The van der Waals surface area contributed by atoms with Gasteiger partial charge in [0.15, 0.2) is 0 Å². The van der Waals surface area contributed by atoms with E-state index in [1.807, 2.05) is 13.8 Å². The molecule has 0 amide bonds. The fourth-order valence-corrected chi connectivity index (χ4v) is 3.14. The molecule has 4 heteroatoms. The Bertz CT molecular complexity index is 281. The van der Waals surface area contributed by atoms with Gasteiger partial charge < -0.3 is 9.47 Å². The second-order valence-corrected chi connectivity index (χ2v) is 5.41. The van der Waals surface area contributed by atoms with Crippen molar-refractivity contribution in [2.24, 2.45) is 0 Å². The predicted octanol–water partition coefficient (Wildman–Crippen LogP) is 2.02. The number of hydrogen-bond acceptors (Lipinski definition) is 4. The lowest BCUT2D eigenvalue weighted by Crippen LogP contribution is -2.65. The number of carbonyl (C=O) groups is 1. The smallest absolute Gasteiger partial charge is 0.326 e. The Labute approximate surface area is 109 Å². The van der Waals surface area contributed by atoms with E-state index in [0.717, 1.165) is 12.8 Å². The van der Waals surface area contributed by atoms with Gasteiger partial charge in [-0.2, -0.15) is 0 Å². The number of ether oxygens (including phenoxy) is 2. The molecule has 0 heterocycles. The number of hydrogen-bond donors (Lipinski definition) is 1. The third-order valence-electron chi connectivity index (χ3n) is 4.06. The SMILES string of the molecule is CCOC(=O)C1(NC2CCCC2)CC(OCC)C1. The van der Waals surface area contributed by atoms with Crippen molar-refractivity contribution in [2.75, 3.05) is 13.2 Å². The topological polar surface area (TPSA) is 47.6 Å². The first-order valence-electron chi connectivity index (χ1n) is 7.26. The van der Waals surface area contributed by atoms with E-state index in [1.165, 1.54) is 25.7 Å². The van der Waals surface area contributed by atoms with Gasteiger partial charge in [0, 0.05) is 25.5 Å². The van der Waals surface area contributed by atoms with Crippen LogP contribution in [0.1, 0.15) is 52.4 Å². The monoisotopic (exact) mass is 255 g/mol. The summed E-state index contributed by atoms with van der Waals surface area (Å²) in [5.74, 6) is -0.0900. The Morgan fingerprint density at radius 3 is 2.44 bits per heavy atom. The van der Waals surface area contributed by atoms with E-state index in [1.54, 1.807) is 0 Å². The van der Waals surface area contributed by atoms with Crippen LogP contribution < -0.4 is 5.32 Å². The molecule has 1 N–H and O–H groups in total. The molecule has 18 heavy (non-hydrogen) atoms. The van der Waals surface area contributed by atoms with E-state index >= 15 is 0 Å². The standard InChI is InChI=1S/C14H25NO3/c1-3-17-12-9-14(10-12,13(16)18-4-2)15-11-7-5-6-8-11/h11-12,15H,3-10H2,1-2H3. The highest BCUT2D eigenvalue weighted by Gasteiger charge is 2.52. The van der Waals surface area contributed by atoms with Crippen molar-refractivity contribution in [1.82, 2.24) is 5.32 Å². The molecule has 0 radical (unpaired) electrons. The van der Waals surface area contributed by atoms with Crippen molar-refractivity contribution in [1.29, 1.82) is 0 Å². The summed E-state index contributed by atoms with van der Waals surface area (Å²) in [6.07, 6.45) is 6.64. The molecule has 0 aromatic rings. The molecule has 2 saturated carbocycles. The number of nitrogens with one attached hydrogen (secondary N) is 1. The van der Waals surface area contributed by atoms with Crippen LogP contribution >= 0.6 is 0 Å². The lowest BCUT2D eigenvalue weighted by atomic mass is 9.73. The van der Waals surface area contributed by atoms with Crippen molar-refractivity contribution in [3.05, 3.63) is 0 Å². The summed E-state index contributed by atoms with van der Waals surface area (Å²) < 4.78 is 10.8. The van der Waals surface area contributed by atoms with E-state index < -0.39 is 5.54 Å². The molecule has 4 nitrogen and oxygen atoms in total. The second-order valence-electron chi connectivity index (χ2n) is 5.41. The Hall–Kier alpha value is -0.610. The molecule has 0 unspecified atom stereocenters. The van der Waals surface area contributed by atoms with Gasteiger partial charge in [0.05, 0.1) is 12.7 Å². The highest BCUT2D eigenvalue weighted by Crippen LogP contribution is 2.37. The molecule has 0 bridgehead atoms. The van der Waals surface area contributed by atoms with Crippen molar-refractivity contribution in [2.45, 2.75) is 70.1 Å². The minimum Gasteiger partial charge on any atom is -0.465 e. The van der Waals surface area contributed by atoms with Crippen LogP contribution in [-0.2, 0) is 14.3 Å². The molecule has 2 rings (SSSR count). The minimum atomic E-state index is -0.467. The van der Waals surface area contributed by atoms with Crippen molar-refractivity contribution in [3.63, 3.8) is 0 Å². The van der Waals surface area contributed by atoms with Gasteiger partial charge in [0.25, 0.3) is 0 Å². The van der Waals surface area contributed by atoms with Gasteiger partial charge in [-0.1, -0.05) is 12.8 Å². The number of carbonyl (C=O) groups excluding carboxylic acids is 1. The fourth-order valence-electron chi connectivity index (χ4n) is 3.14. The summed E-state index contributed by atoms with van der Waals surface area (Å²) in [6.45, 7) is 5.02. The molecule has 2 fully saturated rings. The zero-order chi connectivity index (χ0) is 13.0. The van der Waals surface area contributed by atoms with Crippen LogP contribution in [0.5, 0.6) is 0 Å². The second kappa shape index (κ2) is 6.02. The highest BCUT2D eigenvalue weighted by atomic mass is 16.5. The summed E-state index contributed by atoms with van der Waals surface area (Å²) >= 11 is 0. The molecular formula is C14H25NO3. The first-order chi connectivity index (χ1) is 8.70. The van der Waals surface area contributed by atoms with E-state index in [9.17, 15) is 4.79 Å². The van der Waals surface area contributed by atoms with Crippen LogP contribution in [0.2, 0.25) is 0 Å². The van der Waals surface area contributed by atoms with Crippen molar-refractivity contribution < 1.29 is 14.3 Å². The number of rotatable bonds is 6. The largest absolute Gasteiger partial charge is 0.465 e. The molecular weight excluding hydrogens is 230 g/mol. The summed E-state index contributed by atoms with van der Waals surface area (Å²) in [7, 11) is 0. The maximum Gasteiger partial charge on any atom is 0.326 e. The third kappa shape index (κ3) is 2.86. The Morgan fingerprint density at radius 1 is 1.22 bits per heavy atom. The van der Waals surface area contributed by atoms with Crippen molar-refractivity contribution in [3.8, 4) is 0 Å². The van der Waals surface area contributed by atoms with Gasteiger partial charge in [-0.15, -0.1) is 0 Å². The summed E-state index contributed by atoms with van der Waals surface area (Å²) in [6, 6.07) is 0.483. The van der Waals surface area contributed by atoms with Gasteiger partial charge in [-0.25, -0.2) is 0 Å². The predicted molar refractivity (Wildman–Crippen MR) is 69.4 cm³/mol. The fraction of sp³-hybridized carbons (Fsp3) is 0.929. The third-order valence-corrected chi connectivity index (χ3v) is 4.06. The van der Waals surface area contributed by atoms with Gasteiger partial charge in [-0.05, 0) is 26.7 Å². The Balaban J connectivity index is 1.93. The molecule has 0 spiro atoms. The summed E-state index contributed by atoms with van der Waals surface area (Å²) in [5, 5.41) is 3.55. The van der Waals surface area contributed by atoms with Gasteiger partial charge in [-0.3, -0.25) is 10.1 Å². The molecule has 2 aliphatic carbocycles. The van der Waals surface area contributed by atoms with Crippen LogP contribution in [0.3, 0.4) is 0 Å². The van der Waals surface area contributed by atoms with Crippen LogP contribution in [0.15, 0.2) is 0 Å². The maximum absolute atomic E-state index is 12.1. The normalized spacial score (nSPS) is 32.2. The van der Waals surface area contributed by atoms with Crippen LogP contribution in [0.25, 0.3) is 0 Å². The van der Waals surface area contributed by atoms with Gasteiger partial charge in [0.1, 0.15) is 5.54 Å². The first kappa shape index (κ1) is 13.8. The molecule has 0 aromatic carbocycles. The van der Waals surface area contributed by atoms with Gasteiger partial charge in [0.2, 0.25) is 0 Å². The quantitative estimate of drug-likeness (QED) is 0.738. The van der Waals surface area contributed by atoms with E-state index in [4.69, 9.17) is 9.47 Å². The zero-order valence-electron chi connectivity index (χ0n) is 11.5. The molecule has 0 saturated heterocycles. The molecule has 104 valence electrons. The number of esters is 1. The molecule has 2 aliphatic rings. The van der Waals surface area contributed by atoms with E-state index in [2.05, 4.69) is 5.32 Å². The minimum absolute atomic E-state index is 0.0900. The molecule has 0 aliphatic heterocycles. The maximum atomic E-state index is 12.1. The lowest BCUT2D eigenvalue weighted by molar-refractivity contribution is -0.164. The Kier molecular flexibility index (Phi) is 4.62. The Morgan fingerprint density at radius 2 is 1.89 bits per heavy atom. The highest BCUT2D eigenvalue weighted by molar-refractivity contribution is 5.82. The zero-order valence-corrected chi connectivity index (χ0v) is 11.5. The molecule has 0 atom stereocenters. The van der Waals surface area contributed by atoms with Crippen LogP contribution in [0.4, 0.5) is 0 Å². The average molecular weight is 255 g/mol. The van der Waals surface area contributed by atoms with E-state index in [0.29, 0.717) is 19.3 Å². The summed E-state index contributed by atoms with van der Waals surface area (Å²) in [4.78, 5) is 12.1.